The molecular formula is C23H28F6N2O7. The van der Waals surface area contributed by atoms with Crippen LogP contribution in [0.1, 0.15) is 30.1 Å². The van der Waals surface area contributed by atoms with Gasteiger partial charge in [0.15, 0.2) is 0 Å². The maximum atomic E-state index is 10.6. The van der Waals surface area contributed by atoms with Gasteiger partial charge in [0.1, 0.15) is 17.3 Å². The number of nitrogens with zero attached hydrogens (tertiary/aromatic N) is 2. The van der Waals surface area contributed by atoms with E-state index in [4.69, 9.17) is 33.4 Å². The van der Waals surface area contributed by atoms with Crippen molar-refractivity contribution in [3.8, 4) is 0 Å². The molecule has 4 heterocycles. The van der Waals surface area contributed by atoms with Gasteiger partial charge in [0.2, 0.25) is 0 Å². The Morgan fingerprint density at radius 2 is 1.66 bits per heavy atom. The Labute approximate surface area is 213 Å². The molecule has 0 radical (unpaired) electrons. The first-order chi connectivity index (χ1) is 17.6. The van der Waals surface area contributed by atoms with Gasteiger partial charge in [-0.05, 0) is 51.1 Å². The summed E-state index contributed by atoms with van der Waals surface area (Å²) in [5, 5.41) is 14.2. The number of hydrogen-bond donors (Lipinski definition) is 2. The molecule has 2 fully saturated rings. The normalized spacial score (nSPS) is 21.7. The van der Waals surface area contributed by atoms with Gasteiger partial charge in [0, 0.05) is 19.2 Å². The molecule has 0 spiro atoms. The lowest BCUT2D eigenvalue weighted by molar-refractivity contribution is -0.193. The summed E-state index contributed by atoms with van der Waals surface area (Å²) in [5.74, 6) is -2.48. The summed E-state index contributed by atoms with van der Waals surface area (Å²) in [6, 6.07) is 8.98. The van der Waals surface area contributed by atoms with E-state index in [2.05, 4.69) is 22.9 Å². The van der Waals surface area contributed by atoms with Crippen molar-refractivity contribution in [3.63, 3.8) is 0 Å². The van der Waals surface area contributed by atoms with Crippen molar-refractivity contribution in [2.45, 2.75) is 63.4 Å². The van der Waals surface area contributed by atoms with Crippen LogP contribution in [0.2, 0.25) is 0 Å². The standard InChI is InChI=1S/C19H26N2O3.2C2HF3O2/c1-14-7-8-16(24-14)12-21-13-18(19-17(21)6-4-10-23-19)20(2)11-15-5-3-9-22-15;2*3-2(4,5)1(6)7/h3,5,7-9,17-19H,4,6,10-13H2,1-2H3;2*(H,6,7)/t17-,18-,19+;;/m1../s1. The number of likely N-dealkylation sites (tertiary alicyclic amines) is 1. The van der Waals surface area contributed by atoms with E-state index in [1.54, 1.807) is 6.26 Å². The van der Waals surface area contributed by atoms with Crippen LogP contribution in [0.3, 0.4) is 0 Å². The number of carboxylic acid groups (broad SMARTS) is 2. The number of likely N-dealkylation sites (N-methyl/N-ethyl adjacent to an activating group) is 1. The number of carbonyl (C=O) groups is 2. The molecule has 214 valence electrons. The van der Waals surface area contributed by atoms with Crippen molar-refractivity contribution in [2.75, 3.05) is 20.2 Å². The molecule has 0 bridgehead atoms. The van der Waals surface area contributed by atoms with Gasteiger partial charge in [0.05, 0.1) is 31.5 Å². The van der Waals surface area contributed by atoms with Crippen LogP contribution in [0.15, 0.2) is 39.4 Å². The second kappa shape index (κ2) is 13.2. The van der Waals surface area contributed by atoms with Crippen LogP contribution in [0.25, 0.3) is 0 Å². The Kier molecular flexibility index (Phi) is 10.8. The third-order valence-electron chi connectivity index (χ3n) is 5.80. The number of carboxylic acids is 2. The molecule has 2 saturated heterocycles. The average molecular weight is 558 g/mol. The van der Waals surface area contributed by atoms with Crippen LogP contribution in [0.5, 0.6) is 0 Å². The third-order valence-corrected chi connectivity index (χ3v) is 5.80. The molecule has 2 aromatic rings. The van der Waals surface area contributed by atoms with Crippen molar-refractivity contribution < 1.29 is 59.7 Å². The highest BCUT2D eigenvalue weighted by Gasteiger charge is 2.45. The summed E-state index contributed by atoms with van der Waals surface area (Å²) in [4.78, 5) is 22.7. The van der Waals surface area contributed by atoms with E-state index >= 15 is 0 Å². The number of aryl methyl sites for hydroxylation is 1. The lowest BCUT2D eigenvalue weighted by Crippen LogP contribution is -2.46. The fourth-order valence-electron chi connectivity index (χ4n) is 4.13. The third kappa shape index (κ3) is 9.36. The smallest absolute Gasteiger partial charge is 0.475 e. The van der Waals surface area contributed by atoms with Gasteiger partial charge in [-0.2, -0.15) is 26.3 Å². The topological polar surface area (TPSA) is 117 Å². The highest BCUT2D eigenvalue weighted by molar-refractivity contribution is 5.73. The summed E-state index contributed by atoms with van der Waals surface area (Å²) in [6.45, 7) is 5.56. The van der Waals surface area contributed by atoms with Crippen molar-refractivity contribution >= 4 is 11.9 Å². The molecule has 3 atom stereocenters. The first-order valence-corrected chi connectivity index (χ1v) is 11.3. The van der Waals surface area contributed by atoms with Gasteiger partial charge >= 0.3 is 24.3 Å². The Balaban J connectivity index is 0.000000301. The van der Waals surface area contributed by atoms with E-state index in [1.807, 2.05) is 25.1 Å². The highest BCUT2D eigenvalue weighted by atomic mass is 19.4. The SMILES string of the molecule is Cc1ccc(CN2C[C@@H](N(C)Cc3ccco3)[C@H]3OCCC[C@H]32)o1.O=C(O)C(F)(F)F.O=C(O)C(F)(F)F. The van der Waals surface area contributed by atoms with Crippen molar-refractivity contribution in [3.05, 3.63) is 47.8 Å². The molecule has 15 heteroatoms. The lowest BCUT2D eigenvalue weighted by Gasteiger charge is -2.34. The lowest BCUT2D eigenvalue weighted by atomic mass is 10.00. The number of hydrogen-bond acceptors (Lipinski definition) is 7. The van der Waals surface area contributed by atoms with E-state index < -0.39 is 24.3 Å². The Hall–Kier alpha value is -3.04. The van der Waals surface area contributed by atoms with Crippen molar-refractivity contribution in [2.24, 2.45) is 0 Å². The second-order valence-electron chi connectivity index (χ2n) is 8.65. The summed E-state index contributed by atoms with van der Waals surface area (Å²) >= 11 is 0. The highest BCUT2D eigenvalue weighted by Crippen LogP contribution is 2.33. The fraction of sp³-hybridized carbons (Fsp3) is 0.565. The molecule has 0 unspecified atom stereocenters. The molecule has 2 aromatic heterocycles. The van der Waals surface area contributed by atoms with Crippen LogP contribution in [0, 0.1) is 6.92 Å². The van der Waals surface area contributed by atoms with Crippen molar-refractivity contribution in [1.29, 1.82) is 0 Å². The molecule has 9 nitrogen and oxygen atoms in total. The summed E-state index contributed by atoms with van der Waals surface area (Å²) in [7, 11) is 2.17. The number of rotatable bonds is 5. The van der Waals surface area contributed by atoms with E-state index in [0.29, 0.717) is 12.1 Å². The molecule has 38 heavy (non-hydrogen) atoms. The van der Waals surface area contributed by atoms with Gasteiger partial charge in [-0.3, -0.25) is 9.80 Å². The number of ether oxygens (including phenoxy) is 1. The van der Waals surface area contributed by atoms with E-state index in [0.717, 1.165) is 49.9 Å². The second-order valence-corrected chi connectivity index (χ2v) is 8.65. The molecule has 0 aromatic carbocycles. The average Bonchev–Trinajstić information content (AvgIpc) is 3.55. The predicted octanol–water partition coefficient (Wildman–Crippen LogP) is 4.31. The van der Waals surface area contributed by atoms with Crippen LogP contribution >= 0.6 is 0 Å². The first kappa shape index (κ1) is 31.2. The predicted molar refractivity (Wildman–Crippen MR) is 118 cm³/mol. The molecule has 2 N–H and O–H groups in total. The zero-order valence-electron chi connectivity index (χ0n) is 20.5. The Bertz CT molecular complexity index is 998. The minimum atomic E-state index is -5.08. The number of fused-ring (bicyclic) bond motifs is 1. The van der Waals surface area contributed by atoms with Crippen molar-refractivity contribution in [1.82, 2.24) is 9.80 Å². The number of halogens is 6. The zero-order chi connectivity index (χ0) is 28.7. The van der Waals surface area contributed by atoms with Gasteiger partial charge in [-0.25, -0.2) is 9.59 Å². The summed E-state index contributed by atoms with van der Waals surface area (Å²) < 4.78 is 81.0. The van der Waals surface area contributed by atoms with Gasteiger partial charge in [-0.1, -0.05) is 0 Å². The summed E-state index contributed by atoms with van der Waals surface area (Å²) in [5.41, 5.74) is 0. The molecule has 2 aliphatic rings. The molecule has 2 aliphatic heterocycles. The molecule has 0 aliphatic carbocycles. The van der Waals surface area contributed by atoms with Crippen LogP contribution in [-0.4, -0.2) is 82.7 Å². The monoisotopic (exact) mass is 558 g/mol. The van der Waals surface area contributed by atoms with Gasteiger partial charge in [0.25, 0.3) is 0 Å². The van der Waals surface area contributed by atoms with Gasteiger partial charge < -0.3 is 23.8 Å². The molecular weight excluding hydrogens is 530 g/mol. The Morgan fingerprint density at radius 1 is 1.05 bits per heavy atom. The van der Waals surface area contributed by atoms with Gasteiger partial charge in [-0.15, -0.1) is 0 Å². The van der Waals surface area contributed by atoms with E-state index in [-0.39, 0.29) is 6.10 Å². The van der Waals surface area contributed by atoms with Crippen LogP contribution in [-0.2, 0) is 27.4 Å². The van der Waals surface area contributed by atoms with Crippen LogP contribution < -0.4 is 0 Å². The first-order valence-electron chi connectivity index (χ1n) is 11.3. The number of aliphatic carboxylic acids is 2. The largest absolute Gasteiger partial charge is 0.490 e. The summed E-state index contributed by atoms with van der Waals surface area (Å²) in [6.07, 6.45) is -5.81. The maximum Gasteiger partial charge on any atom is 0.490 e. The minimum Gasteiger partial charge on any atom is -0.475 e. The maximum absolute atomic E-state index is 10.6. The van der Waals surface area contributed by atoms with E-state index in [1.165, 1.54) is 6.42 Å². The zero-order valence-corrected chi connectivity index (χ0v) is 20.5. The molecule has 0 saturated carbocycles. The Morgan fingerprint density at radius 3 is 2.13 bits per heavy atom. The number of furan rings is 2. The van der Waals surface area contributed by atoms with E-state index in [9.17, 15) is 26.3 Å². The molecule has 4 rings (SSSR count). The fourth-order valence-corrected chi connectivity index (χ4v) is 4.13. The quantitative estimate of drug-likeness (QED) is 0.518. The molecule has 0 amide bonds. The van der Waals surface area contributed by atoms with Crippen LogP contribution in [0.4, 0.5) is 26.3 Å². The minimum absolute atomic E-state index is 0.273. The number of alkyl halides is 6.